The Morgan fingerprint density at radius 2 is 2.00 bits per heavy atom. The first-order valence-electron chi connectivity index (χ1n) is 6.42. The second kappa shape index (κ2) is 5.14. The minimum atomic E-state index is 0.716. The molecule has 0 radical (unpaired) electrons. The Morgan fingerprint density at radius 1 is 1.16 bits per heavy atom. The van der Waals surface area contributed by atoms with Crippen LogP contribution in [0.2, 0.25) is 0 Å². The number of hydrogen-bond donors (Lipinski definition) is 0. The summed E-state index contributed by atoms with van der Waals surface area (Å²) in [6, 6.07) is 1.91. The fourth-order valence-corrected chi connectivity index (χ4v) is 2.18. The van der Waals surface area contributed by atoms with Gasteiger partial charge in [0, 0.05) is 31.3 Å². The molecule has 3 aromatic rings. The van der Waals surface area contributed by atoms with Gasteiger partial charge in [0.05, 0.1) is 18.4 Å². The first-order valence-corrected chi connectivity index (χ1v) is 6.42. The SMILES string of the molecule is CCCn1ccnc1Cn1ccnc1-c1ccoc1. The van der Waals surface area contributed by atoms with Gasteiger partial charge in [0.2, 0.25) is 0 Å². The summed E-state index contributed by atoms with van der Waals surface area (Å²) >= 11 is 0. The second-order valence-electron chi connectivity index (χ2n) is 4.43. The number of imidazole rings is 2. The molecule has 0 saturated heterocycles. The smallest absolute Gasteiger partial charge is 0.143 e. The first-order chi connectivity index (χ1) is 9.38. The Labute approximate surface area is 111 Å². The average Bonchev–Trinajstić information content (AvgIpc) is 3.12. The highest BCUT2D eigenvalue weighted by molar-refractivity contribution is 5.53. The van der Waals surface area contributed by atoms with Crippen LogP contribution in [0.3, 0.4) is 0 Å². The van der Waals surface area contributed by atoms with Crippen molar-refractivity contribution in [2.45, 2.75) is 26.4 Å². The van der Waals surface area contributed by atoms with Crippen molar-refractivity contribution in [1.82, 2.24) is 19.1 Å². The molecule has 19 heavy (non-hydrogen) atoms. The third-order valence-corrected chi connectivity index (χ3v) is 3.07. The fourth-order valence-electron chi connectivity index (χ4n) is 2.18. The van der Waals surface area contributed by atoms with Crippen LogP contribution in [-0.2, 0) is 13.1 Å². The molecule has 0 atom stereocenters. The molecule has 0 saturated carbocycles. The van der Waals surface area contributed by atoms with Crippen molar-refractivity contribution in [1.29, 1.82) is 0 Å². The van der Waals surface area contributed by atoms with Gasteiger partial charge in [-0.2, -0.15) is 0 Å². The van der Waals surface area contributed by atoms with Crippen LogP contribution in [0.1, 0.15) is 19.2 Å². The van der Waals surface area contributed by atoms with Gasteiger partial charge < -0.3 is 13.6 Å². The molecule has 0 aliphatic rings. The minimum absolute atomic E-state index is 0.716. The molecule has 3 heterocycles. The van der Waals surface area contributed by atoms with Gasteiger partial charge in [-0.25, -0.2) is 9.97 Å². The van der Waals surface area contributed by atoms with E-state index in [2.05, 4.69) is 26.0 Å². The Kier molecular flexibility index (Phi) is 3.18. The zero-order chi connectivity index (χ0) is 13.1. The Balaban J connectivity index is 1.88. The third kappa shape index (κ3) is 2.31. The zero-order valence-corrected chi connectivity index (χ0v) is 10.9. The molecule has 5 heteroatoms. The van der Waals surface area contributed by atoms with E-state index in [1.54, 1.807) is 18.7 Å². The fraction of sp³-hybridized carbons (Fsp3) is 0.286. The summed E-state index contributed by atoms with van der Waals surface area (Å²) in [5.74, 6) is 1.95. The topological polar surface area (TPSA) is 48.8 Å². The van der Waals surface area contributed by atoms with Crippen LogP contribution in [0.5, 0.6) is 0 Å². The molecule has 0 amide bonds. The number of furan rings is 1. The monoisotopic (exact) mass is 256 g/mol. The largest absolute Gasteiger partial charge is 0.472 e. The highest BCUT2D eigenvalue weighted by Crippen LogP contribution is 2.18. The van der Waals surface area contributed by atoms with E-state index in [9.17, 15) is 0 Å². The predicted molar refractivity (Wildman–Crippen MR) is 71.5 cm³/mol. The maximum atomic E-state index is 5.12. The van der Waals surface area contributed by atoms with Crippen molar-refractivity contribution in [2.24, 2.45) is 0 Å². The molecule has 0 unspecified atom stereocenters. The van der Waals surface area contributed by atoms with Gasteiger partial charge in [-0.1, -0.05) is 6.92 Å². The Bertz CT molecular complexity index is 636. The van der Waals surface area contributed by atoms with Gasteiger partial charge in [-0.15, -0.1) is 0 Å². The molecule has 0 aromatic carbocycles. The number of aryl methyl sites for hydroxylation is 1. The van der Waals surface area contributed by atoms with Crippen molar-refractivity contribution >= 4 is 0 Å². The van der Waals surface area contributed by atoms with Crippen LogP contribution in [0, 0.1) is 0 Å². The number of rotatable bonds is 5. The lowest BCUT2D eigenvalue weighted by Gasteiger charge is -2.09. The van der Waals surface area contributed by atoms with Crippen molar-refractivity contribution in [2.75, 3.05) is 0 Å². The molecule has 5 nitrogen and oxygen atoms in total. The first kappa shape index (κ1) is 11.8. The lowest BCUT2D eigenvalue weighted by atomic mass is 10.3. The summed E-state index contributed by atoms with van der Waals surface area (Å²) in [5, 5.41) is 0. The maximum Gasteiger partial charge on any atom is 0.143 e. The summed E-state index contributed by atoms with van der Waals surface area (Å²) in [6.07, 6.45) is 12.1. The van der Waals surface area contributed by atoms with E-state index in [0.717, 1.165) is 30.2 Å². The van der Waals surface area contributed by atoms with E-state index in [1.165, 1.54) is 0 Å². The normalized spacial score (nSPS) is 11.0. The molecule has 3 aromatic heterocycles. The molecule has 0 fully saturated rings. The lowest BCUT2D eigenvalue weighted by molar-refractivity contribution is 0.567. The standard InChI is InChI=1S/C14H16N4O/c1-2-6-17-7-4-15-13(17)10-18-8-5-16-14(18)12-3-9-19-11-12/h3-5,7-9,11H,2,6,10H2,1H3. The van der Waals surface area contributed by atoms with Crippen molar-refractivity contribution in [3.63, 3.8) is 0 Å². The molecular weight excluding hydrogens is 240 g/mol. The lowest BCUT2D eigenvalue weighted by Crippen LogP contribution is -2.08. The molecule has 0 aliphatic carbocycles. The van der Waals surface area contributed by atoms with Crippen molar-refractivity contribution in [3.05, 3.63) is 49.2 Å². The van der Waals surface area contributed by atoms with E-state index in [1.807, 2.05) is 24.7 Å². The van der Waals surface area contributed by atoms with E-state index >= 15 is 0 Å². The summed E-state index contributed by atoms with van der Waals surface area (Å²) in [4.78, 5) is 8.80. The van der Waals surface area contributed by atoms with Gasteiger partial charge in [-0.05, 0) is 12.5 Å². The summed E-state index contributed by atoms with van der Waals surface area (Å²) in [7, 11) is 0. The summed E-state index contributed by atoms with van der Waals surface area (Å²) in [6.45, 7) is 3.87. The molecule has 3 rings (SSSR count). The quantitative estimate of drug-likeness (QED) is 0.705. The second-order valence-corrected chi connectivity index (χ2v) is 4.43. The van der Waals surface area contributed by atoms with E-state index < -0.39 is 0 Å². The molecule has 0 aliphatic heterocycles. The summed E-state index contributed by atoms with van der Waals surface area (Å²) in [5.41, 5.74) is 0.985. The highest BCUT2D eigenvalue weighted by Gasteiger charge is 2.10. The van der Waals surface area contributed by atoms with Crippen LogP contribution < -0.4 is 0 Å². The average molecular weight is 256 g/mol. The van der Waals surface area contributed by atoms with Crippen LogP contribution >= 0.6 is 0 Å². The van der Waals surface area contributed by atoms with Crippen LogP contribution in [0.4, 0.5) is 0 Å². The van der Waals surface area contributed by atoms with Crippen LogP contribution in [0.25, 0.3) is 11.4 Å². The van der Waals surface area contributed by atoms with Crippen LogP contribution in [0.15, 0.2) is 47.8 Å². The molecular formula is C14H16N4O. The number of hydrogen-bond acceptors (Lipinski definition) is 3. The molecule has 0 bridgehead atoms. The van der Waals surface area contributed by atoms with E-state index in [0.29, 0.717) is 6.54 Å². The Hall–Kier alpha value is -2.30. The molecule has 98 valence electrons. The number of aromatic nitrogens is 4. The van der Waals surface area contributed by atoms with Crippen molar-refractivity contribution < 1.29 is 4.42 Å². The highest BCUT2D eigenvalue weighted by atomic mass is 16.3. The van der Waals surface area contributed by atoms with Gasteiger partial charge in [0.1, 0.15) is 17.9 Å². The molecule has 0 spiro atoms. The minimum Gasteiger partial charge on any atom is -0.472 e. The number of nitrogens with zero attached hydrogens (tertiary/aromatic N) is 4. The van der Waals surface area contributed by atoms with Gasteiger partial charge >= 0.3 is 0 Å². The van der Waals surface area contributed by atoms with E-state index in [-0.39, 0.29) is 0 Å². The third-order valence-electron chi connectivity index (χ3n) is 3.07. The Morgan fingerprint density at radius 3 is 2.79 bits per heavy atom. The maximum absolute atomic E-state index is 5.12. The predicted octanol–water partition coefficient (Wildman–Crippen LogP) is 2.80. The molecule has 0 N–H and O–H groups in total. The van der Waals surface area contributed by atoms with Gasteiger partial charge in [-0.3, -0.25) is 0 Å². The van der Waals surface area contributed by atoms with E-state index in [4.69, 9.17) is 4.42 Å². The zero-order valence-electron chi connectivity index (χ0n) is 10.9. The van der Waals surface area contributed by atoms with Crippen LogP contribution in [-0.4, -0.2) is 19.1 Å². The van der Waals surface area contributed by atoms with Gasteiger partial charge in [0.15, 0.2) is 0 Å². The summed E-state index contributed by atoms with van der Waals surface area (Å²) < 4.78 is 9.38. The van der Waals surface area contributed by atoms with Crippen molar-refractivity contribution in [3.8, 4) is 11.4 Å². The van der Waals surface area contributed by atoms with Gasteiger partial charge in [0.25, 0.3) is 0 Å².